The second kappa shape index (κ2) is 6.50. The highest BCUT2D eigenvalue weighted by atomic mass is 35.5. The number of benzene rings is 1. The zero-order chi connectivity index (χ0) is 8.55. The number of hydrogen-bond donors (Lipinski definition) is 1. The largest absolute Gasteiger partial charge is 0.350 e. The van der Waals surface area contributed by atoms with Gasteiger partial charge in [0.2, 0.25) is 0 Å². The fourth-order valence-corrected chi connectivity index (χ4v) is 1.08. The number of nitrogens with two attached hydrogens (primary N) is 1. The summed E-state index contributed by atoms with van der Waals surface area (Å²) in [5.41, 5.74) is 5.76. The lowest BCUT2D eigenvalue weighted by atomic mass is 10.3. The second-order valence-corrected chi connectivity index (χ2v) is 2.38. The lowest BCUT2D eigenvalue weighted by Gasteiger charge is -1.94. The van der Waals surface area contributed by atoms with Crippen molar-refractivity contribution in [1.29, 1.82) is 0 Å². The molecular weight excluding hydrogens is 260 g/mol. The Morgan fingerprint density at radius 1 is 1.40 bits per heavy atom. The lowest BCUT2D eigenvalue weighted by molar-refractivity contribution is 0.248. The molecule has 2 rings (SSSR count). The van der Waals surface area contributed by atoms with Crippen LogP contribution < -0.4 is 5.73 Å². The summed E-state index contributed by atoms with van der Waals surface area (Å²) in [6, 6.07) is 7.52. The van der Waals surface area contributed by atoms with E-state index in [2.05, 4.69) is 11.2 Å². The normalized spacial score (nSPS) is 8.27. The van der Waals surface area contributed by atoms with Crippen molar-refractivity contribution in [3.05, 3.63) is 30.5 Å². The predicted octanol–water partition coefficient (Wildman–Crippen LogP) is 2.03. The Morgan fingerprint density at radius 3 is 2.67 bits per heavy atom. The first-order chi connectivity index (χ1) is 5.79. The van der Waals surface area contributed by atoms with Crippen LogP contribution in [-0.2, 0) is 0 Å². The number of hydrogen-bond acceptors (Lipinski definition) is 2. The molecule has 0 aliphatic heterocycles. The highest BCUT2D eigenvalue weighted by Gasteiger charge is 2.04. The van der Waals surface area contributed by atoms with Crippen molar-refractivity contribution in [3.63, 3.8) is 0 Å². The molecule has 7 heteroatoms. The third-order valence-corrected chi connectivity index (χ3v) is 1.62. The Bertz CT molecular complexity index is 443. The molecule has 0 bridgehead atoms. The SMILES string of the molecule is Cl.Cl.Cl.NC(=O)n1ncc2cc[c]cc21. The van der Waals surface area contributed by atoms with Gasteiger partial charge >= 0.3 is 6.03 Å². The molecule has 0 fully saturated rings. The molecule has 0 unspecified atom stereocenters. The fraction of sp³-hybridized carbons (Fsp3) is 0. The average Bonchev–Trinajstić information content (AvgIpc) is 2.47. The van der Waals surface area contributed by atoms with Crippen LogP contribution in [0.5, 0.6) is 0 Å². The molecule has 83 valence electrons. The van der Waals surface area contributed by atoms with E-state index in [-0.39, 0.29) is 37.2 Å². The molecule has 1 amide bonds. The molecule has 15 heavy (non-hydrogen) atoms. The fourth-order valence-electron chi connectivity index (χ4n) is 1.08. The van der Waals surface area contributed by atoms with Gasteiger partial charge < -0.3 is 5.73 Å². The molecule has 0 aliphatic carbocycles. The molecule has 0 saturated carbocycles. The van der Waals surface area contributed by atoms with E-state index >= 15 is 0 Å². The smallest absolute Gasteiger partial charge is 0.340 e. The minimum Gasteiger partial charge on any atom is -0.350 e. The van der Waals surface area contributed by atoms with Gasteiger partial charge in [0.1, 0.15) is 0 Å². The summed E-state index contributed by atoms with van der Waals surface area (Å²) < 4.78 is 1.14. The van der Waals surface area contributed by atoms with E-state index in [4.69, 9.17) is 5.73 Å². The van der Waals surface area contributed by atoms with E-state index in [1.807, 2.05) is 6.07 Å². The van der Waals surface area contributed by atoms with Gasteiger partial charge in [0, 0.05) is 5.39 Å². The van der Waals surface area contributed by atoms with Crippen LogP contribution in [-0.4, -0.2) is 15.8 Å². The van der Waals surface area contributed by atoms with E-state index in [0.29, 0.717) is 5.52 Å². The quantitative estimate of drug-likeness (QED) is 0.795. The van der Waals surface area contributed by atoms with Crippen LogP contribution in [0, 0.1) is 6.07 Å². The first-order valence-corrected chi connectivity index (χ1v) is 3.42. The van der Waals surface area contributed by atoms with Crippen LogP contribution >= 0.6 is 37.2 Å². The highest BCUT2D eigenvalue weighted by molar-refractivity contribution is 5.88. The number of fused-ring (bicyclic) bond motifs is 1. The first kappa shape index (κ1) is 16.5. The molecule has 1 heterocycles. The minimum atomic E-state index is -0.579. The standard InChI is InChI=1S/C8H6N3O.3ClH/c9-8(12)11-7-4-2-1-3-6(7)5-10-11;;;/h1,3-5H,(H2,9,12);3*1H. The summed E-state index contributed by atoms with van der Waals surface area (Å²) >= 11 is 0. The van der Waals surface area contributed by atoms with Gasteiger partial charge in [-0.3, -0.25) is 0 Å². The van der Waals surface area contributed by atoms with Gasteiger partial charge in [-0.1, -0.05) is 12.1 Å². The molecule has 4 nitrogen and oxygen atoms in total. The van der Waals surface area contributed by atoms with Crippen LogP contribution in [0.1, 0.15) is 0 Å². The number of aromatic nitrogens is 2. The van der Waals surface area contributed by atoms with Crippen molar-refractivity contribution < 1.29 is 4.79 Å². The van der Waals surface area contributed by atoms with Crippen LogP contribution in [0.3, 0.4) is 0 Å². The summed E-state index contributed by atoms with van der Waals surface area (Å²) in [6.45, 7) is 0. The predicted molar refractivity (Wildman–Crippen MR) is 65.3 cm³/mol. The number of carbonyl (C=O) groups excluding carboxylic acids is 1. The second-order valence-electron chi connectivity index (χ2n) is 2.38. The molecule has 0 spiro atoms. The molecule has 1 radical (unpaired) electrons. The van der Waals surface area contributed by atoms with E-state index in [1.54, 1.807) is 18.3 Å². The third-order valence-electron chi connectivity index (χ3n) is 1.62. The monoisotopic (exact) mass is 268 g/mol. The first-order valence-electron chi connectivity index (χ1n) is 3.42. The Morgan fingerprint density at radius 2 is 2.07 bits per heavy atom. The number of carbonyl (C=O) groups is 1. The Balaban J connectivity index is 0. The summed E-state index contributed by atoms with van der Waals surface area (Å²) in [5, 5.41) is 4.70. The summed E-state index contributed by atoms with van der Waals surface area (Å²) in [7, 11) is 0. The zero-order valence-electron chi connectivity index (χ0n) is 7.41. The average molecular weight is 270 g/mol. The van der Waals surface area contributed by atoms with E-state index in [0.717, 1.165) is 10.1 Å². The Hall–Kier alpha value is -0.970. The van der Waals surface area contributed by atoms with Gasteiger partial charge in [-0.05, 0) is 12.1 Å². The van der Waals surface area contributed by atoms with Gasteiger partial charge in [-0.2, -0.15) is 9.78 Å². The topological polar surface area (TPSA) is 60.9 Å². The number of halogens is 3. The van der Waals surface area contributed by atoms with Crippen molar-refractivity contribution in [1.82, 2.24) is 9.78 Å². The molecular formula is C8H9Cl3N3O. The van der Waals surface area contributed by atoms with Gasteiger partial charge in [0.25, 0.3) is 0 Å². The maximum absolute atomic E-state index is 10.8. The molecule has 0 saturated heterocycles. The van der Waals surface area contributed by atoms with Crippen molar-refractivity contribution in [2.75, 3.05) is 0 Å². The number of nitrogens with zero attached hydrogens (tertiary/aromatic N) is 2. The highest BCUT2D eigenvalue weighted by Crippen LogP contribution is 2.10. The number of rotatable bonds is 0. The molecule has 2 N–H and O–H groups in total. The maximum Gasteiger partial charge on any atom is 0.340 e. The lowest BCUT2D eigenvalue weighted by Crippen LogP contribution is -2.20. The van der Waals surface area contributed by atoms with Crippen LogP contribution in [0.25, 0.3) is 10.9 Å². The summed E-state index contributed by atoms with van der Waals surface area (Å²) in [5.74, 6) is 0. The third kappa shape index (κ3) is 2.99. The number of amides is 1. The van der Waals surface area contributed by atoms with E-state index in [1.165, 1.54) is 0 Å². The van der Waals surface area contributed by atoms with Gasteiger partial charge in [-0.15, -0.1) is 37.2 Å². The maximum atomic E-state index is 10.8. The van der Waals surface area contributed by atoms with Gasteiger partial charge in [0.05, 0.1) is 11.7 Å². The molecule has 1 aromatic carbocycles. The zero-order valence-corrected chi connectivity index (χ0v) is 9.86. The van der Waals surface area contributed by atoms with Gasteiger partial charge in [-0.25, -0.2) is 4.79 Å². The Labute approximate surface area is 105 Å². The minimum absolute atomic E-state index is 0. The van der Waals surface area contributed by atoms with Crippen molar-refractivity contribution in [2.45, 2.75) is 0 Å². The van der Waals surface area contributed by atoms with E-state index < -0.39 is 6.03 Å². The molecule has 0 aliphatic rings. The molecule has 2 aromatic rings. The summed E-state index contributed by atoms with van der Waals surface area (Å²) in [4.78, 5) is 10.8. The van der Waals surface area contributed by atoms with E-state index in [9.17, 15) is 4.79 Å². The van der Waals surface area contributed by atoms with Crippen LogP contribution in [0.15, 0.2) is 24.4 Å². The van der Waals surface area contributed by atoms with Crippen LogP contribution in [0.2, 0.25) is 0 Å². The van der Waals surface area contributed by atoms with Crippen molar-refractivity contribution in [2.24, 2.45) is 5.73 Å². The number of primary amides is 1. The molecule has 0 atom stereocenters. The molecule has 1 aromatic heterocycles. The Kier molecular flexibility index (Phi) is 7.13. The van der Waals surface area contributed by atoms with Crippen molar-refractivity contribution in [3.8, 4) is 0 Å². The summed E-state index contributed by atoms with van der Waals surface area (Å²) in [6.07, 6.45) is 1.59. The van der Waals surface area contributed by atoms with Crippen molar-refractivity contribution >= 4 is 54.2 Å². The van der Waals surface area contributed by atoms with Gasteiger partial charge in [0.15, 0.2) is 0 Å². The van der Waals surface area contributed by atoms with Crippen LogP contribution in [0.4, 0.5) is 4.79 Å².